The SMILES string of the molecule is N#C/C(=C/Nc1ccc([N+](=O)[O-])cc1)C(=O)Nc1ccccc1C(F)(F)F. The number of anilines is 2. The van der Waals surface area contributed by atoms with Gasteiger partial charge in [-0.2, -0.15) is 18.4 Å². The van der Waals surface area contributed by atoms with E-state index in [2.05, 4.69) is 5.32 Å². The molecule has 0 aliphatic heterocycles. The van der Waals surface area contributed by atoms with E-state index in [0.29, 0.717) is 5.69 Å². The number of nitro groups is 1. The molecule has 0 unspecified atom stereocenters. The molecule has 1 amide bonds. The second-order valence-corrected chi connectivity index (χ2v) is 5.12. The van der Waals surface area contributed by atoms with E-state index in [1.165, 1.54) is 36.4 Å². The molecule has 2 rings (SSSR count). The molecule has 10 heteroatoms. The number of nitriles is 1. The maximum Gasteiger partial charge on any atom is 0.418 e. The molecule has 0 aliphatic rings. The summed E-state index contributed by atoms with van der Waals surface area (Å²) < 4.78 is 38.8. The number of halogens is 3. The van der Waals surface area contributed by atoms with Crippen molar-refractivity contribution in [2.75, 3.05) is 10.6 Å². The molecule has 0 radical (unpaired) electrons. The first kappa shape index (κ1) is 19.5. The largest absolute Gasteiger partial charge is 0.418 e. The van der Waals surface area contributed by atoms with Gasteiger partial charge in [-0.05, 0) is 24.3 Å². The van der Waals surface area contributed by atoms with Crippen LogP contribution in [-0.4, -0.2) is 10.8 Å². The highest BCUT2D eigenvalue weighted by atomic mass is 19.4. The highest BCUT2D eigenvalue weighted by Crippen LogP contribution is 2.34. The van der Waals surface area contributed by atoms with Crippen molar-refractivity contribution < 1.29 is 22.9 Å². The molecule has 0 saturated heterocycles. The van der Waals surface area contributed by atoms with Gasteiger partial charge in [-0.1, -0.05) is 12.1 Å². The first-order valence-corrected chi connectivity index (χ1v) is 7.31. The van der Waals surface area contributed by atoms with Crippen molar-refractivity contribution in [2.45, 2.75) is 6.18 Å². The van der Waals surface area contributed by atoms with Crippen LogP contribution in [0.1, 0.15) is 5.56 Å². The number of alkyl halides is 3. The number of nitrogens with one attached hydrogen (secondary N) is 2. The quantitative estimate of drug-likeness (QED) is 0.354. The van der Waals surface area contributed by atoms with E-state index in [9.17, 15) is 28.1 Å². The number of para-hydroxylation sites is 1. The monoisotopic (exact) mass is 376 g/mol. The predicted molar refractivity (Wildman–Crippen MR) is 90.5 cm³/mol. The van der Waals surface area contributed by atoms with Gasteiger partial charge >= 0.3 is 6.18 Å². The maximum atomic E-state index is 12.9. The topological polar surface area (TPSA) is 108 Å². The summed E-state index contributed by atoms with van der Waals surface area (Å²) in [6.45, 7) is 0. The highest BCUT2D eigenvalue weighted by Gasteiger charge is 2.33. The molecule has 27 heavy (non-hydrogen) atoms. The summed E-state index contributed by atoms with van der Waals surface area (Å²) in [4.78, 5) is 22.1. The lowest BCUT2D eigenvalue weighted by atomic mass is 10.1. The molecular formula is C17H11F3N4O3. The number of benzene rings is 2. The third kappa shape index (κ3) is 5.05. The molecule has 0 saturated carbocycles. The predicted octanol–water partition coefficient (Wildman–Crippen LogP) is 4.07. The van der Waals surface area contributed by atoms with Crippen LogP contribution in [0.15, 0.2) is 60.3 Å². The number of nitrogens with zero attached hydrogens (tertiary/aromatic N) is 2. The lowest BCUT2D eigenvalue weighted by Gasteiger charge is -2.13. The van der Waals surface area contributed by atoms with E-state index < -0.39 is 33.8 Å². The Balaban J connectivity index is 2.16. The molecule has 2 N–H and O–H groups in total. The molecule has 0 bridgehead atoms. The normalized spacial score (nSPS) is 11.4. The van der Waals surface area contributed by atoms with Crippen molar-refractivity contribution in [2.24, 2.45) is 0 Å². The van der Waals surface area contributed by atoms with Gasteiger partial charge in [0.15, 0.2) is 0 Å². The summed E-state index contributed by atoms with van der Waals surface area (Å²) in [6.07, 6.45) is -3.68. The smallest absolute Gasteiger partial charge is 0.360 e. The molecule has 0 aromatic heterocycles. The Labute approximate surface area is 150 Å². The number of rotatable bonds is 5. The van der Waals surface area contributed by atoms with Crippen LogP contribution in [0.25, 0.3) is 0 Å². The molecule has 0 aliphatic carbocycles. The Kier molecular flexibility index (Phi) is 5.77. The Morgan fingerprint density at radius 2 is 1.78 bits per heavy atom. The Hall–Kier alpha value is -3.87. The number of amides is 1. The van der Waals surface area contributed by atoms with Gasteiger partial charge in [0.2, 0.25) is 0 Å². The fourth-order valence-electron chi connectivity index (χ4n) is 2.01. The second kappa shape index (κ2) is 8.01. The van der Waals surface area contributed by atoms with E-state index in [4.69, 9.17) is 5.26 Å². The first-order chi connectivity index (χ1) is 12.7. The summed E-state index contributed by atoms with van der Waals surface area (Å²) in [5.41, 5.74) is -1.81. The third-order valence-corrected chi connectivity index (χ3v) is 3.31. The average Bonchev–Trinajstić information content (AvgIpc) is 2.62. The first-order valence-electron chi connectivity index (χ1n) is 7.31. The molecule has 2 aromatic carbocycles. The van der Waals surface area contributed by atoms with Crippen LogP contribution in [0.4, 0.5) is 30.2 Å². The zero-order chi connectivity index (χ0) is 20.0. The zero-order valence-electron chi connectivity index (χ0n) is 13.4. The van der Waals surface area contributed by atoms with Crippen LogP contribution in [0, 0.1) is 21.4 Å². The van der Waals surface area contributed by atoms with Gasteiger partial charge in [-0.15, -0.1) is 0 Å². The van der Waals surface area contributed by atoms with E-state index in [1.54, 1.807) is 6.07 Å². The highest BCUT2D eigenvalue weighted by molar-refractivity contribution is 6.07. The minimum Gasteiger partial charge on any atom is -0.360 e. The molecule has 0 fully saturated rings. The zero-order valence-corrected chi connectivity index (χ0v) is 13.4. The molecule has 2 aromatic rings. The van der Waals surface area contributed by atoms with Gasteiger partial charge in [-0.3, -0.25) is 14.9 Å². The van der Waals surface area contributed by atoms with Crippen molar-refractivity contribution >= 4 is 23.0 Å². The van der Waals surface area contributed by atoms with Crippen molar-refractivity contribution in [3.05, 3.63) is 76.0 Å². The van der Waals surface area contributed by atoms with Gasteiger partial charge in [0.25, 0.3) is 11.6 Å². The van der Waals surface area contributed by atoms with Gasteiger partial charge in [0.1, 0.15) is 11.6 Å². The van der Waals surface area contributed by atoms with E-state index in [0.717, 1.165) is 18.3 Å². The summed E-state index contributed by atoms with van der Waals surface area (Å²) in [6, 6.07) is 11.1. The number of carbonyl (C=O) groups is 1. The second-order valence-electron chi connectivity index (χ2n) is 5.12. The molecular weight excluding hydrogens is 365 g/mol. The minimum absolute atomic E-state index is 0.147. The van der Waals surface area contributed by atoms with E-state index in [-0.39, 0.29) is 5.69 Å². The number of hydrogen-bond acceptors (Lipinski definition) is 5. The van der Waals surface area contributed by atoms with Crippen LogP contribution >= 0.6 is 0 Å². The standard InChI is InChI=1S/C17H11F3N4O3/c18-17(19,20)14-3-1-2-4-15(14)23-16(25)11(9-21)10-22-12-5-7-13(8-6-12)24(26)27/h1-8,10,22H,(H,23,25)/b11-10-. The minimum atomic E-state index is -4.67. The number of nitro benzene ring substituents is 1. The summed E-state index contributed by atoms with van der Waals surface area (Å²) >= 11 is 0. The number of carbonyl (C=O) groups excluding carboxylic acids is 1. The Bertz CT molecular complexity index is 932. The molecule has 7 nitrogen and oxygen atoms in total. The fraction of sp³-hybridized carbons (Fsp3) is 0.0588. The Morgan fingerprint density at radius 1 is 1.15 bits per heavy atom. The van der Waals surface area contributed by atoms with E-state index >= 15 is 0 Å². The lowest BCUT2D eigenvalue weighted by molar-refractivity contribution is -0.384. The summed E-state index contributed by atoms with van der Waals surface area (Å²) in [5.74, 6) is -1.04. The molecule has 0 atom stereocenters. The van der Waals surface area contributed by atoms with Gasteiger partial charge < -0.3 is 10.6 Å². The van der Waals surface area contributed by atoms with Crippen molar-refractivity contribution in [1.29, 1.82) is 5.26 Å². The lowest BCUT2D eigenvalue weighted by Crippen LogP contribution is -2.18. The molecule has 138 valence electrons. The van der Waals surface area contributed by atoms with Crippen molar-refractivity contribution in [3.63, 3.8) is 0 Å². The summed E-state index contributed by atoms with van der Waals surface area (Å²) in [7, 11) is 0. The molecule has 0 heterocycles. The third-order valence-electron chi connectivity index (χ3n) is 3.31. The average molecular weight is 376 g/mol. The van der Waals surface area contributed by atoms with Gasteiger partial charge in [0.05, 0.1) is 16.2 Å². The van der Waals surface area contributed by atoms with Crippen LogP contribution in [0.2, 0.25) is 0 Å². The van der Waals surface area contributed by atoms with Crippen LogP contribution < -0.4 is 10.6 Å². The van der Waals surface area contributed by atoms with Gasteiger partial charge in [0, 0.05) is 24.0 Å². The fourth-order valence-corrected chi connectivity index (χ4v) is 2.01. The van der Waals surface area contributed by atoms with Crippen LogP contribution in [-0.2, 0) is 11.0 Å². The van der Waals surface area contributed by atoms with Crippen molar-refractivity contribution in [3.8, 4) is 6.07 Å². The molecule has 0 spiro atoms. The Morgan fingerprint density at radius 3 is 2.33 bits per heavy atom. The number of hydrogen-bond donors (Lipinski definition) is 2. The van der Waals surface area contributed by atoms with Crippen LogP contribution in [0.5, 0.6) is 0 Å². The van der Waals surface area contributed by atoms with E-state index in [1.807, 2.05) is 5.32 Å². The van der Waals surface area contributed by atoms with Gasteiger partial charge in [-0.25, -0.2) is 0 Å². The van der Waals surface area contributed by atoms with Crippen LogP contribution in [0.3, 0.4) is 0 Å². The maximum absolute atomic E-state index is 12.9. The number of non-ortho nitro benzene ring substituents is 1. The summed E-state index contributed by atoms with van der Waals surface area (Å²) in [5, 5.41) is 24.3. The van der Waals surface area contributed by atoms with Crippen molar-refractivity contribution in [1.82, 2.24) is 0 Å².